The predicted molar refractivity (Wildman–Crippen MR) is 68.9 cm³/mol. The summed E-state index contributed by atoms with van der Waals surface area (Å²) in [6.45, 7) is 3.30. The van der Waals surface area contributed by atoms with Gasteiger partial charge in [0.25, 0.3) is 5.91 Å². The van der Waals surface area contributed by atoms with Gasteiger partial charge < -0.3 is 4.90 Å². The topological polar surface area (TPSA) is 33.2 Å². The fourth-order valence-corrected chi connectivity index (χ4v) is 1.67. The highest BCUT2D eigenvalue weighted by Gasteiger charge is 2.14. The highest BCUT2D eigenvalue weighted by atomic mass is 79.9. The van der Waals surface area contributed by atoms with Gasteiger partial charge in [-0.1, -0.05) is 0 Å². The Balaban J connectivity index is 2.70. The molecular formula is C11H14BrClN2O. The van der Waals surface area contributed by atoms with Crippen molar-refractivity contribution in [3.05, 3.63) is 28.5 Å². The number of aromatic nitrogens is 1. The SMILES string of the molecule is CCN(CCCCl)C(=O)c1ccc(Br)cn1. The van der Waals surface area contributed by atoms with E-state index in [9.17, 15) is 4.79 Å². The number of nitrogens with zero attached hydrogens (tertiary/aromatic N) is 2. The summed E-state index contributed by atoms with van der Waals surface area (Å²) < 4.78 is 0.868. The molecule has 16 heavy (non-hydrogen) atoms. The Kier molecular flexibility index (Phi) is 5.77. The fourth-order valence-electron chi connectivity index (χ4n) is 1.32. The largest absolute Gasteiger partial charge is 0.338 e. The van der Waals surface area contributed by atoms with Crippen LogP contribution in [0.25, 0.3) is 0 Å². The van der Waals surface area contributed by atoms with E-state index in [1.54, 1.807) is 17.2 Å². The van der Waals surface area contributed by atoms with Crippen LogP contribution in [-0.4, -0.2) is 34.8 Å². The Bertz CT molecular complexity index is 342. The number of carbonyl (C=O) groups excluding carboxylic acids is 1. The molecule has 0 spiro atoms. The summed E-state index contributed by atoms with van der Waals surface area (Å²) in [6.07, 6.45) is 2.43. The standard InChI is InChI=1S/C11H14BrClN2O/c1-2-15(7-3-6-13)11(16)10-5-4-9(12)8-14-10/h4-5,8H,2-3,6-7H2,1H3. The third kappa shape index (κ3) is 3.76. The van der Waals surface area contributed by atoms with Crippen molar-refractivity contribution in [2.45, 2.75) is 13.3 Å². The van der Waals surface area contributed by atoms with Crippen LogP contribution in [0.15, 0.2) is 22.8 Å². The molecule has 3 nitrogen and oxygen atoms in total. The van der Waals surface area contributed by atoms with Gasteiger partial charge in [0, 0.05) is 29.6 Å². The zero-order valence-electron chi connectivity index (χ0n) is 9.12. The van der Waals surface area contributed by atoms with E-state index in [0.717, 1.165) is 10.9 Å². The molecule has 0 fully saturated rings. The predicted octanol–water partition coefficient (Wildman–Crippen LogP) is 2.94. The quantitative estimate of drug-likeness (QED) is 0.784. The van der Waals surface area contributed by atoms with Crippen LogP contribution >= 0.6 is 27.5 Å². The first-order valence-corrected chi connectivity index (χ1v) is 6.48. The third-order valence-electron chi connectivity index (χ3n) is 2.18. The number of carbonyl (C=O) groups is 1. The van der Waals surface area contributed by atoms with Crippen LogP contribution < -0.4 is 0 Å². The first-order chi connectivity index (χ1) is 7.69. The third-order valence-corrected chi connectivity index (χ3v) is 2.91. The molecule has 0 aliphatic carbocycles. The number of pyridine rings is 1. The van der Waals surface area contributed by atoms with Gasteiger partial charge in [0.15, 0.2) is 0 Å². The van der Waals surface area contributed by atoms with Crippen molar-refractivity contribution in [3.63, 3.8) is 0 Å². The number of alkyl halides is 1. The minimum absolute atomic E-state index is 0.0416. The van der Waals surface area contributed by atoms with E-state index >= 15 is 0 Å². The molecule has 1 rings (SSSR count). The lowest BCUT2D eigenvalue weighted by Gasteiger charge is -2.19. The summed E-state index contributed by atoms with van der Waals surface area (Å²) in [5.74, 6) is 0.525. The van der Waals surface area contributed by atoms with Crippen molar-refractivity contribution in [3.8, 4) is 0 Å². The van der Waals surface area contributed by atoms with E-state index in [1.165, 1.54) is 0 Å². The number of hydrogen-bond donors (Lipinski definition) is 0. The Hall–Kier alpha value is -0.610. The second-order valence-corrected chi connectivity index (χ2v) is 4.58. The average molecular weight is 306 g/mol. The lowest BCUT2D eigenvalue weighted by atomic mass is 10.3. The molecular weight excluding hydrogens is 291 g/mol. The molecule has 0 radical (unpaired) electrons. The van der Waals surface area contributed by atoms with Gasteiger partial charge in [-0.05, 0) is 41.4 Å². The maximum Gasteiger partial charge on any atom is 0.272 e. The fraction of sp³-hybridized carbons (Fsp3) is 0.455. The Morgan fingerprint density at radius 2 is 2.31 bits per heavy atom. The minimum atomic E-state index is -0.0416. The monoisotopic (exact) mass is 304 g/mol. The molecule has 1 aromatic heterocycles. The zero-order chi connectivity index (χ0) is 12.0. The molecule has 0 saturated heterocycles. The molecule has 0 unspecified atom stereocenters. The average Bonchev–Trinajstić information content (AvgIpc) is 2.30. The zero-order valence-corrected chi connectivity index (χ0v) is 11.5. The van der Waals surface area contributed by atoms with Crippen molar-refractivity contribution in [2.75, 3.05) is 19.0 Å². The van der Waals surface area contributed by atoms with Gasteiger partial charge in [-0.25, -0.2) is 4.98 Å². The summed E-state index contributed by atoms with van der Waals surface area (Å²) in [5.41, 5.74) is 0.472. The molecule has 0 aromatic carbocycles. The summed E-state index contributed by atoms with van der Waals surface area (Å²) in [6, 6.07) is 3.53. The number of hydrogen-bond acceptors (Lipinski definition) is 2. The molecule has 0 bridgehead atoms. The van der Waals surface area contributed by atoms with E-state index < -0.39 is 0 Å². The normalized spacial score (nSPS) is 10.2. The van der Waals surface area contributed by atoms with Gasteiger partial charge in [0.1, 0.15) is 5.69 Å². The van der Waals surface area contributed by atoms with E-state index in [2.05, 4.69) is 20.9 Å². The van der Waals surface area contributed by atoms with E-state index in [1.807, 2.05) is 13.0 Å². The molecule has 5 heteroatoms. The van der Waals surface area contributed by atoms with Crippen LogP contribution in [0, 0.1) is 0 Å². The summed E-state index contributed by atoms with van der Waals surface area (Å²) in [4.78, 5) is 17.8. The van der Waals surface area contributed by atoms with Crippen molar-refractivity contribution in [1.82, 2.24) is 9.88 Å². The molecule has 0 N–H and O–H groups in total. The molecule has 0 aliphatic heterocycles. The van der Waals surface area contributed by atoms with Crippen molar-refractivity contribution < 1.29 is 4.79 Å². The van der Waals surface area contributed by atoms with E-state index in [-0.39, 0.29) is 5.91 Å². The Morgan fingerprint density at radius 1 is 1.56 bits per heavy atom. The highest BCUT2D eigenvalue weighted by molar-refractivity contribution is 9.10. The molecule has 1 aromatic rings. The number of rotatable bonds is 5. The molecule has 0 aliphatic rings. The number of halogens is 2. The second kappa shape index (κ2) is 6.86. The Morgan fingerprint density at radius 3 is 2.81 bits per heavy atom. The van der Waals surface area contributed by atoms with E-state index in [0.29, 0.717) is 24.7 Å². The molecule has 1 amide bonds. The molecule has 1 heterocycles. The van der Waals surface area contributed by atoms with Crippen LogP contribution in [0.4, 0.5) is 0 Å². The van der Waals surface area contributed by atoms with Crippen LogP contribution in [0.3, 0.4) is 0 Å². The van der Waals surface area contributed by atoms with E-state index in [4.69, 9.17) is 11.6 Å². The van der Waals surface area contributed by atoms with Gasteiger partial charge in [0.05, 0.1) is 0 Å². The van der Waals surface area contributed by atoms with Gasteiger partial charge in [0.2, 0.25) is 0 Å². The van der Waals surface area contributed by atoms with Crippen molar-refractivity contribution in [2.24, 2.45) is 0 Å². The molecule has 0 saturated carbocycles. The maximum absolute atomic E-state index is 12.0. The minimum Gasteiger partial charge on any atom is -0.338 e. The summed E-state index contributed by atoms with van der Waals surface area (Å²) in [7, 11) is 0. The maximum atomic E-state index is 12.0. The lowest BCUT2D eigenvalue weighted by molar-refractivity contribution is 0.0759. The van der Waals surface area contributed by atoms with Crippen LogP contribution in [0.1, 0.15) is 23.8 Å². The highest BCUT2D eigenvalue weighted by Crippen LogP contribution is 2.09. The first-order valence-electron chi connectivity index (χ1n) is 5.15. The van der Waals surface area contributed by atoms with Gasteiger partial charge in [-0.15, -0.1) is 11.6 Å². The van der Waals surface area contributed by atoms with Gasteiger partial charge >= 0.3 is 0 Å². The van der Waals surface area contributed by atoms with Gasteiger partial charge in [-0.2, -0.15) is 0 Å². The van der Waals surface area contributed by atoms with Crippen LogP contribution in [0.2, 0.25) is 0 Å². The van der Waals surface area contributed by atoms with Crippen molar-refractivity contribution >= 4 is 33.4 Å². The summed E-state index contributed by atoms with van der Waals surface area (Å²) in [5, 5.41) is 0. The Labute approximate surface area is 109 Å². The summed E-state index contributed by atoms with van der Waals surface area (Å²) >= 11 is 8.90. The number of amides is 1. The van der Waals surface area contributed by atoms with Crippen LogP contribution in [0.5, 0.6) is 0 Å². The first kappa shape index (κ1) is 13.5. The second-order valence-electron chi connectivity index (χ2n) is 3.29. The van der Waals surface area contributed by atoms with Crippen LogP contribution in [-0.2, 0) is 0 Å². The van der Waals surface area contributed by atoms with Crippen molar-refractivity contribution in [1.29, 1.82) is 0 Å². The molecule has 0 atom stereocenters. The smallest absolute Gasteiger partial charge is 0.272 e. The lowest BCUT2D eigenvalue weighted by Crippen LogP contribution is -2.32. The molecule has 88 valence electrons. The van der Waals surface area contributed by atoms with Gasteiger partial charge in [-0.3, -0.25) is 4.79 Å².